The number of carbonyl (C=O) groups excluding carboxylic acids is 2. The summed E-state index contributed by atoms with van der Waals surface area (Å²) >= 11 is 5.54. The molecule has 0 spiro atoms. The molecule has 4 rings (SSSR count). The number of rotatable bonds is 10. The minimum atomic E-state index is -3.92. The molecule has 2 saturated carbocycles. The van der Waals surface area contributed by atoms with Crippen LogP contribution < -0.4 is 11.5 Å². The van der Waals surface area contributed by atoms with Crippen molar-refractivity contribution in [1.82, 2.24) is 0 Å². The highest BCUT2D eigenvalue weighted by atomic mass is 35.5. The molecular weight excluding hydrogens is 762 g/mol. The van der Waals surface area contributed by atoms with Crippen LogP contribution in [-0.2, 0) is 52.2 Å². The van der Waals surface area contributed by atoms with Crippen molar-refractivity contribution in [3.63, 3.8) is 0 Å². The molecule has 0 radical (unpaired) electrons. The second-order valence-electron chi connectivity index (χ2n) is 13.3. The van der Waals surface area contributed by atoms with Crippen molar-refractivity contribution in [1.29, 1.82) is 0 Å². The maximum Gasteiger partial charge on any atom is 0.280 e. The predicted octanol–water partition coefficient (Wildman–Crippen LogP) is 4.02. The number of sulfone groups is 4. The SMILES string of the molecule is CCc1cc(S(=O)(=O)C2CCCC2C)c(S(C)(=O)=O)cc1C(=O)Cl.CCc1cc(S(=O)(=O)C2CCCC2C)c(S(C)(=O)=O)cc1C(=O)N=C(N)N. The Bertz CT molecular complexity index is 2180. The number of aryl methyl sites for hydroxylation is 2. The van der Waals surface area contributed by atoms with Gasteiger partial charge in [0.2, 0.25) is 0 Å². The Labute approximate surface area is 306 Å². The van der Waals surface area contributed by atoms with Crippen LogP contribution in [0.25, 0.3) is 0 Å². The lowest BCUT2D eigenvalue weighted by Gasteiger charge is -2.20. The molecule has 0 bridgehead atoms. The van der Waals surface area contributed by atoms with Crippen LogP contribution in [0.5, 0.6) is 0 Å². The molecule has 18 heteroatoms. The first-order valence-corrected chi connectivity index (χ1v) is 23.7. The number of nitrogens with zero attached hydrogens (tertiary/aromatic N) is 1. The second-order valence-corrected chi connectivity index (χ2v) is 21.8. The van der Waals surface area contributed by atoms with E-state index >= 15 is 0 Å². The van der Waals surface area contributed by atoms with E-state index in [2.05, 4.69) is 4.99 Å². The van der Waals surface area contributed by atoms with E-state index in [0.717, 1.165) is 50.3 Å². The molecule has 2 aliphatic carbocycles. The summed E-state index contributed by atoms with van der Waals surface area (Å²) in [6.07, 6.45) is 6.71. The van der Waals surface area contributed by atoms with E-state index in [1.165, 1.54) is 12.1 Å². The van der Waals surface area contributed by atoms with Gasteiger partial charge >= 0.3 is 0 Å². The van der Waals surface area contributed by atoms with Crippen LogP contribution in [0.3, 0.4) is 0 Å². The van der Waals surface area contributed by atoms with Crippen LogP contribution in [0, 0.1) is 11.8 Å². The fourth-order valence-corrected chi connectivity index (χ4v) is 14.5. The van der Waals surface area contributed by atoms with Gasteiger partial charge in [-0.25, -0.2) is 33.7 Å². The monoisotopic (exact) mass is 807 g/mol. The minimum absolute atomic E-state index is 0.0234. The van der Waals surface area contributed by atoms with Gasteiger partial charge < -0.3 is 11.5 Å². The molecule has 0 heterocycles. The zero-order valence-corrected chi connectivity index (χ0v) is 33.5. The van der Waals surface area contributed by atoms with Gasteiger partial charge in [-0.3, -0.25) is 9.59 Å². The average molecular weight is 808 g/mol. The molecule has 2 aliphatic rings. The number of halogens is 1. The molecule has 2 fully saturated rings. The fourth-order valence-electron chi connectivity index (χ4n) is 6.84. The first kappa shape index (κ1) is 42.6. The largest absolute Gasteiger partial charge is 0.370 e. The van der Waals surface area contributed by atoms with E-state index in [0.29, 0.717) is 36.8 Å². The Kier molecular flexibility index (Phi) is 13.4. The molecule has 4 N–H and O–H groups in total. The summed E-state index contributed by atoms with van der Waals surface area (Å²) < 4.78 is 102. The molecule has 51 heavy (non-hydrogen) atoms. The predicted molar refractivity (Wildman–Crippen MR) is 196 cm³/mol. The zero-order valence-electron chi connectivity index (χ0n) is 29.5. The Morgan fingerprint density at radius 3 is 1.33 bits per heavy atom. The number of guanidine groups is 1. The molecule has 0 saturated heterocycles. The van der Waals surface area contributed by atoms with Gasteiger partial charge in [0.1, 0.15) is 0 Å². The summed E-state index contributed by atoms with van der Waals surface area (Å²) in [7, 11) is -15.4. The van der Waals surface area contributed by atoms with E-state index in [1.807, 2.05) is 13.8 Å². The summed E-state index contributed by atoms with van der Waals surface area (Å²) in [6.45, 7) is 7.21. The standard InChI is InChI=1S/C17H25N3O5S2.C16H21ClO5S2/c1-4-11-8-15(27(24,25)13-7-5-6-10(13)2)14(26(3,22)23)9-12(11)16(21)20-17(18)19;1-4-11-8-15(24(21,22)13-7-5-6-10(13)2)14(23(3,19)20)9-12(11)16(17)18/h8-10,13H,4-7H2,1-3H3,(H4,18,19,20,21);8-10,13H,4-7H2,1-3H3. The van der Waals surface area contributed by atoms with E-state index in [9.17, 15) is 43.3 Å². The maximum absolute atomic E-state index is 13.2. The van der Waals surface area contributed by atoms with Crippen LogP contribution >= 0.6 is 11.6 Å². The van der Waals surface area contributed by atoms with Crippen molar-refractivity contribution in [2.75, 3.05) is 12.5 Å². The molecule has 0 aromatic heterocycles. The van der Waals surface area contributed by atoms with E-state index < -0.39 is 71.9 Å². The minimum Gasteiger partial charge on any atom is -0.370 e. The summed E-state index contributed by atoms with van der Waals surface area (Å²) in [5, 5.41) is -2.03. The third-order valence-electron chi connectivity index (χ3n) is 9.55. The van der Waals surface area contributed by atoms with E-state index in [4.69, 9.17) is 23.1 Å². The van der Waals surface area contributed by atoms with Crippen LogP contribution in [0.15, 0.2) is 48.8 Å². The Morgan fingerprint density at radius 1 is 0.667 bits per heavy atom. The number of carbonyl (C=O) groups is 2. The van der Waals surface area contributed by atoms with Crippen LogP contribution in [0.1, 0.15) is 98.1 Å². The molecule has 1 amide bonds. The highest BCUT2D eigenvalue weighted by Gasteiger charge is 2.40. The Hall–Kier alpha value is -2.86. The number of hydrogen-bond donors (Lipinski definition) is 2. The van der Waals surface area contributed by atoms with Crippen molar-refractivity contribution in [3.8, 4) is 0 Å². The summed E-state index contributed by atoms with van der Waals surface area (Å²) in [5.41, 5.74) is 11.3. The molecule has 2 aromatic carbocycles. The maximum atomic E-state index is 13.2. The fraction of sp³-hybridized carbons (Fsp3) is 0.545. The van der Waals surface area contributed by atoms with Gasteiger partial charge in [-0.15, -0.1) is 0 Å². The van der Waals surface area contributed by atoms with Gasteiger partial charge in [0.05, 0.1) is 30.1 Å². The lowest BCUT2D eigenvalue weighted by atomic mass is 10.0. The van der Waals surface area contributed by atoms with E-state index in [1.54, 1.807) is 13.8 Å². The van der Waals surface area contributed by atoms with Crippen molar-refractivity contribution in [2.24, 2.45) is 28.3 Å². The Balaban J connectivity index is 0.000000277. The van der Waals surface area contributed by atoms with Gasteiger partial charge in [0, 0.05) is 23.6 Å². The lowest BCUT2D eigenvalue weighted by Crippen LogP contribution is -2.26. The highest BCUT2D eigenvalue weighted by molar-refractivity contribution is 7.95. The third kappa shape index (κ3) is 9.39. The quantitative estimate of drug-likeness (QED) is 0.197. The van der Waals surface area contributed by atoms with Crippen molar-refractivity contribution in [2.45, 2.75) is 109 Å². The Morgan fingerprint density at radius 2 is 1.04 bits per heavy atom. The first-order chi connectivity index (χ1) is 23.4. The molecule has 4 unspecified atom stereocenters. The van der Waals surface area contributed by atoms with Crippen LogP contribution in [0.4, 0.5) is 0 Å². The first-order valence-electron chi connectivity index (χ1n) is 16.4. The smallest absolute Gasteiger partial charge is 0.280 e. The van der Waals surface area contributed by atoms with Crippen molar-refractivity contribution in [3.05, 3.63) is 46.5 Å². The molecule has 4 atom stereocenters. The molecule has 284 valence electrons. The normalized spacial score (nSPS) is 21.1. The number of benzene rings is 2. The third-order valence-corrected chi connectivity index (χ3v) is 17.2. The van der Waals surface area contributed by atoms with Gasteiger partial charge in [0.25, 0.3) is 11.1 Å². The lowest BCUT2D eigenvalue weighted by molar-refractivity contribution is 0.100. The number of nitrogens with two attached hydrogens (primary N) is 2. The number of aliphatic imine (C=N–C) groups is 1. The second kappa shape index (κ2) is 16.0. The van der Waals surface area contributed by atoms with Gasteiger partial charge in [-0.2, -0.15) is 4.99 Å². The van der Waals surface area contributed by atoms with Gasteiger partial charge in [0.15, 0.2) is 45.3 Å². The van der Waals surface area contributed by atoms with Crippen molar-refractivity contribution >= 4 is 68.1 Å². The van der Waals surface area contributed by atoms with Gasteiger partial charge in [-0.1, -0.05) is 40.5 Å². The topological polar surface area (TPSA) is 235 Å². The summed E-state index contributed by atoms with van der Waals surface area (Å²) in [6, 6.07) is 4.78. The van der Waals surface area contributed by atoms with E-state index in [-0.39, 0.29) is 37.6 Å². The summed E-state index contributed by atoms with van der Waals surface area (Å²) in [5.74, 6) is -1.35. The van der Waals surface area contributed by atoms with Crippen LogP contribution in [0.2, 0.25) is 0 Å². The molecule has 13 nitrogen and oxygen atoms in total. The molecular formula is C33H46ClN3O10S4. The molecule has 0 aliphatic heterocycles. The van der Waals surface area contributed by atoms with Gasteiger partial charge in [-0.05, 0) is 97.4 Å². The van der Waals surface area contributed by atoms with Crippen LogP contribution in [-0.4, -0.2) is 73.8 Å². The number of hydrogen-bond acceptors (Lipinski definition) is 10. The summed E-state index contributed by atoms with van der Waals surface area (Å²) in [4.78, 5) is 26.1. The highest BCUT2D eigenvalue weighted by Crippen LogP contribution is 2.39. The number of amides is 1. The van der Waals surface area contributed by atoms with Crippen molar-refractivity contribution < 1.29 is 43.3 Å². The average Bonchev–Trinajstić information content (AvgIpc) is 3.67. The zero-order chi connectivity index (χ0) is 38.9. The molecule has 2 aromatic rings.